The zero-order chi connectivity index (χ0) is 24.5. The third kappa shape index (κ3) is 4.40. The van der Waals surface area contributed by atoms with E-state index in [9.17, 15) is 0 Å². The van der Waals surface area contributed by atoms with Gasteiger partial charge in [0.05, 0.1) is 18.9 Å². The Balaban J connectivity index is 1.36. The normalized spacial score (nSPS) is 18.5. The van der Waals surface area contributed by atoms with Crippen molar-refractivity contribution in [2.75, 3.05) is 86.0 Å². The number of nitrogens with two attached hydrogens (primary N) is 1. The van der Waals surface area contributed by atoms with Gasteiger partial charge in [-0.05, 0) is 19.0 Å². The van der Waals surface area contributed by atoms with E-state index in [0.717, 1.165) is 92.9 Å². The van der Waals surface area contributed by atoms with Crippen molar-refractivity contribution in [1.29, 1.82) is 0 Å². The van der Waals surface area contributed by atoms with Crippen LogP contribution < -0.4 is 20.4 Å². The van der Waals surface area contributed by atoms with Crippen LogP contribution in [0.15, 0.2) is 30.7 Å². The second kappa shape index (κ2) is 9.82. The number of morpholine rings is 1. The summed E-state index contributed by atoms with van der Waals surface area (Å²) in [7, 11) is 0. The average Bonchev–Trinajstić information content (AvgIpc) is 3.38. The Morgan fingerprint density at radius 3 is 2.44 bits per heavy atom. The van der Waals surface area contributed by atoms with Crippen LogP contribution in [0, 0.1) is 0 Å². The van der Waals surface area contributed by atoms with Gasteiger partial charge >= 0.3 is 0 Å². The van der Waals surface area contributed by atoms with Gasteiger partial charge in [0.25, 0.3) is 0 Å². The minimum absolute atomic E-state index is 0.253. The highest BCUT2D eigenvalue weighted by Crippen LogP contribution is 2.39. The summed E-state index contributed by atoms with van der Waals surface area (Å²) in [6.07, 6.45) is 6.24. The molecular formula is C25H32N10O. The van der Waals surface area contributed by atoms with Crippen LogP contribution >= 0.6 is 0 Å². The lowest BCUT2D eigenvalue weighted by Crippen LogP contribution is -2.46. The molecule has 2 saturated heterocycles. The quantitative estimate of drug-likeness (QED) is 0.565. The number of hydrogen-bond donors (Lipinski definition) is 1. The average molecular weight is 489 g/mol. The molecule has 0 saturated carbocycles. The fourth-order valence-electron chi connectivity index (χ4n) is 5.14. The number of rotatable bonds is 5. The second-order valence-electron chi connectivity index (χ2n) is 9.30. The minimum Gasteiger partial charge on any atom is -0.378 e. The van der Waals surface area contributed by atoms with Crippen LogP contribution in [-0.2, 0) is 11.2 Å². The van der Waals surface area contributed by atoms with E-state index in [2.05, 4.69) is 48.6 Å². The SMILES string of the molecule is CCN1CCN(c2cc(N3CCc4c(-c5cnc(N)nc5)nc(N5CCOCC5)nc43)ccn2)CC1. The molecule has 6 rings (SSSR count). The number of hydrogen-bond acceptors (Lipinski definition) is 11. The summed E-state index contributed by atoms with van der Waals surface area (Å²) in [5.74, 6) is 2.92. The molecule has 3 aliphatic rings. The van der Waals surface area contributed by atoms with Gasteiger partial charge in [-0.3, -0.25) is 0 Å². The van der Waals surface area contributed by atoms with E-state index in [1.807, 2.05) is 6.20 Å². The summed E-state index contributed by atoms with van der Waals surface area (Å²) >= 11 is 0. The molecule has 188 valence electrons. The molecule has 0 bridgehead atoms. The third-order valence-corrected chi connectivity index (χ3v) is 7.24. The number of fused-ring (bicyclic) bond motifs is 1. The van der Waals surface area contributed by atoms with Crippen LogP contribution in [0.3, 0.4) is 0 Å². The van der Waals surface area contributed by atoms with Crippen molar-refractivity contribution in [3.05, 3.63) is 36.3 Å². The molecule has 11 heteroatoms. The number of likely N-dealkylation sites (N-methyl/N-ethyl adjacent to an activating group) is 1. The number of piperazine rings is 1. The molecule has 2 N–H and O–H groups in total. The predicted octanol–water partition coefficient (Wildman–Crippen LogP) is 1.58. The zero-order valence-corrected chi connectivity index (χ0v) is 20.7. The summed E-state index contributed by atoms with van der Waals surface area (Å²) in [5.41, 5.74) is 9.68. The lowest BCUT2D eigenvalue weighted by atomic mass is 10.1. The number of aromatic nitrogens is 5. The Labute approximate surface area is 210 Å². The van der Waals surface area contributed by atoms with Crippen molar-refractivity contribution >= 4 is 29.2 Å². The first-order valence-electron chi connectivity index (χ1n) is 12.7. The van der Waals surface area contributed by atoms with Gasteiger partial charge < -0.3 is 30.1 Å². The zero-order valence-electron chi connectivity index (χ0n) is 20.7. The highest BCUT2D eigenvalue weighted by atomic mass is 16.5. The van der Waals surface area contributed by atoms with Crippen LogP contribution in [0.4, 0.5) is 29.2 Å². The fraction of sp³-hybridized carbons (Fsp3) is 0.480. The standard InChI is InChI=1S/C25H32N10O/c1-2-32-7-9-33(10-8-32)21-15-19(3-5-27-21)35-6-4-20-22(18-16-28-24(26)29-17-18)30-25(31-23(20)35)34-11-13-36-14-12-34/h3,5,15-17H,2,4,6-14H2,1H3,(H2,26,28,29). The maximum absolute atomic E-state index is 5.76. The molecule has 3 aliphatic heterocycles. The van der Waals surface area contributed by atoms with E-state index in [4.69, 9.17) is 25.4 Å². The van der Waals surface area contributed by atoms with Crippen LogP contribution in [0.1, 0.15) is 12.5 Å². The molecule has 3 aromatic rings. The van der Waals surface area contributed by atoms with Crippen molar-refractivity contribution < 1.29 is 4.74 Å². The smallest absolute Gasteiger partial charge is 0.228 e. The highest BCUT2D eigenvalue weighted by molar-refractivity contribution is 5.77. The molecule has 6 heterocycles. The number of nitrogen functional groups attached to an aromatic ring is 1. The Morgan fingerprint density at radius 1 is 0.917 bits per heavy atom. The highest BCUT2D eigenvalue weighted by Gasteiger charge is 2.30. The van der Waals surface area contributed by atoms with Gasteiger partial charge in [-0.25, -0.2) is 19.9 Å². The molecule has 3 aromatic heterocycles. The molecular weight excluding hydrogens is 456 g/mol. The van der Waals surface area contributed by atoms with Crippen molar-refractivity contribution in [2.24, 2.45) is 0 Å². The van der Waals surface area contributed by atoms with E-state index in [-0.39, 0.29) is 5.95 Å². The maximum Gasteiger partial charge on any atom is 0.228 e. The van der Waals surface area contributed by atoms with Gasteiger partial charge in [0, 0.05) is 87.3 Å². The van der Waals surface area contributed by atoms with Crippen LogP contribution in [0.5, 0.6) is 0 Å². The molecule has 0 atom stereocenters. The first-order valence-corrected chi connectivity index (χ1v) is 12.7. The Kier molecular flexibility index (Phi) is 6.24. The summed E-state index contributed by atoms with van der Waals surface area (Å²) < 4.78 is 5.56. The van der Waals surface area contributed by atoms with Crippen molar-refractivity contribution in [3.63, 3.8) is 0 Å². The fourth-order valence-corrected chi connectivity index (χ4v) is 5.14. The van der Waals surface area contributed by atoms with Crippen molar-refractivity contribution in [1.82, 2.24) is 29.8 Å². The second-order valence-corrected chi connectivity index (χ2v) is 9.30. The largest absolute Gasteiger partial charge is 0.378 e. The predicted molar refractivity (Wildman–Crippen MR) is 140 cm³/mol. The number of ether oxygens (including phenoxy) is 1. The first kappa shape index (κ1) is 22.9. The molecule has 0 aromatic carbocycles. The number of pyridine rings is 1. The van der Waals surface area contributed by atoms with Gasteiger partial charge in [0.1, 0.15) is 11.6 Å². The summed E-state index contributed by atoms with van der Waals surface area (Å²) in [6.45, 7) is 11.1. The summed E-state index contributed by atoms with van der Waals surface area (Å²) in [5, 5.41) is 0. The Bertz CT molecular complexity index is 1210. The Hall–Kier alpha value is -3.57. The molecule has 36 heavy (non-hydrogen) atoms. The van der Waals surface area contributed by atoms with E-state index >= 15 is 0 Å². The summed E-state index contributed by atoms with van der Waals surface area (Å²) in [4.78, 5) is 32.5. The third-order valence-electron chi connectivity index (χ3n) is 7.24. The number of anilines is 5. The van der Waals surface area contributed by atoms with Crippen molar-refractivity contribution in [3.8, 4) is 11.3 Å². The monoisotopic (exact) mass is 488 g/mol. The topological polar surface area (TPSA) is 113 Å². The molecule has 0 amide bonds. The molecule has 0 radical (unpaired) electrons. The van der Waals surface area contributed by atoms with Crippen LogP contribution in [0.2, 0.25) is 0 Å². The van der Waals surface area contributed by atoms with Gasteiger partial charge in [-0.15, -0.1) is 0 Å². The van der Waals surface area contributed by atoms with Gasteiger partial charge in [-0.2, -0.15) is 4.98 Å². The molecule has 2 fully saturated rings. The molecule has 0 unspecified atom stereocenters. The lowest BCUT2D eigenvalue weighted by molar-refractivity contribution is 0.122. The van der Waals surface area contributed by atoms with Gasteiger partial charge in [-0.1, -0.05) is 6.92 Å². The van der Waals surface area contributed by atoms with E-state index < -0.39 is 0 Å². The van der Waals surface area contributed by atoms with Gasteiger partial charge in [0.15, 0.2) is 0 Å². The first-order chi connectivity index (χ1) is 17.7. The van der Waals surface area contributed by atoms with Gasteiger partial charge in [0.2, 0.25) is 11.9 Å². The maximum atomic E-state index is 5.76. The summed E-state index contributed by atoms with van der Waals surface area (Å²) in [6, 6.07) is 4.27. The van der Waals surface area contributed by atoms with E-state index in [1.54, 1.807) is 12.4 Å². The van der Waals surface area contributed by atoms with E-state index in [0.29, 0.717) is 19.2 Å². The van der Waals surface area contributed by atoms with Crippen LogP contribution in [0.25, 0.3) is 11.3 Å². The molecule has 0 spiro atoms. The molecule has 11 nitrogen and oxygen atoms in total. The van der Waals surface area contributed by atoms with E-state index in [1.165, 1.54) is 0 Å². The number of nitrogens with zero attached hydrogens (tertiary/aromatic N) is 9. The van der Waals surface area contributed by atoms with Crippen LogP contribution in [-0.4, -0.2) is 95.4 Å². The molecule has 0 aliphatic carbocycles. The lowest BCUT2D eigenvalue weighted by Gasteiger charge is -2.35. The Morgan fingerprint density at radius 2 is 1.69 bits per heavy atom. The van der Waals surface area contributed by atoms with Crippen molar-refractivity contribution in [2.45, 2.75) is 13.3 Å². The minimum atomic E-state index is 0.253.